The molecule has 1 aromatic carbocycles. The highest BCUT2D eigenvalue weighted by atomic mass is 35.5. The maximum atomic E-state index is 6.12. The van der Waals surface area contributed by atoms with E-state index in [1.54, 1.807) is 7.11 Å². The molecule has 1 unspecified atom stereocenters. The van der Waals surface area contributed by atoms with Crippen LogP contribution in [-0.2, 0) is 10.2 Å². The molecule has 0 bridgehead atoms. The van der Waals surface area contributed by atoms with Gasteiger partial charge < -0.3 is 15.2 Å². The van der Waals surface area contributed by atoms with Crippen molar-refractivity contribution >= 4 is 11.6 Å². The Kier molecular flexibility index (Phi) is 4.15. The van der Waals surface area contributed by atoms with Gasteiger partial charge in [0.15, 0.2) is 0 Å². The fourth-order valence-corrected chi connectivity index (χ4v) is 2.96. The topological polar surface area (TPSA) is 44.5 Å². The van der Waals surface area contributed by atoms with Crippen molar-refractivity contribution in [2.75, 3.05) is 26.9 Å². The first-order valence-corrected chi connectivity index (χ1v) is 6.67. The monoisotopic (exact) mass is 269 g/mol. The van der Waals surface area contributed by atoms with Gasteiger partial charge in [-0.1, -0.05) is 24.9 Å². The van der Waals surface area contributed by atoms with Crippen molar-refractivity contribution in [3.05, 3.63) is 28.8 Å². The van der Waals surface area contributed by atoms with Crippen LogP contribution in [0, 0.1) is 5.92 Å². The second-order valence-corrected chi connectivity index (χ2v) is 5.27. The second-order valence-electron chi connectivity index (χ2n) is 4.83. The lowest BCUT2D eigenvalue weighted by Crippen LogP contribution is -2.54. The maximum Gasteiger partial charge on any atom is 0.122 e. The smallest absolute Gasteiger partial charge is 0.122 e. The molecule has 0 aliphatic carbocycles. The predicted molar refractivity (Wildman–Crippen MR) is 73.3 cm³/mol. The molecule has 0 saturated carbocycles. The van der Waals surface area contributed by atoms with E-state index in [0.717, 1.165) is 22.8 Å². The lowest BCUT2D eigenvalue weighted by atomic mass is 9.67. The lowest BCUT2D eigenvalue weighted by Gasteiger charge is -2.47. The molecule has 1 atom stereocenters. The van der Waals surface area contributed by atoms with Crippen LogP contribution in [0.4, 0.5) is 0 Å². The lowest BCUT2D eigenvalue weighted by molar-refractivity contribution is -0.0906. The van der Waals surface area contributed by atoms with Crippen molar-refractivity contribution in [2.24, 2.45) is 11.7 Å². The van der Waals surface area contributed by atoms with E-state index in [0.29, 0.717) is 25.7 Å². The van der Waals surface area contributed by atoms with Crippen LogP contribution >= 0.6 is 11.6 Å². The quantitative estimate of drug-likeness (QED) is 0.894. The van der Waals surface area contributed by atoms with E-state index in [1.807, 2.05) is 18.2 Å². The highest BCUT2D eigenvalue weighted by molar-refractivity contribution is 6.30. The molecule has 0 radical (unpaired) electrons. The summed E-state index contributed by atoms with van der Waals surface area (Å²) in [6.07, 6.45) is 1.02. The second kappa shape index (κ2) is 5.47. The Hall–Kier alpha value is -0.770. The minimum absolute atomic E-state index is 0.0419. The first-order valence-electron chi connectivity index (χ1n) is 6.29. The van der Waals surface area contributed by atoms with E-state index in [-0.39, 0.29) is 5.41 Å². The van der Waals surface area contributed by atoms with Gasteiger partial charge in [-0.2, -0.15) is 0 Å². The van der Waals surface area contributed by atoms with Crippen LogP contribution in [0.15, 0.2) is 18.2 Å². The van der Waals surface area contributed by atoms with Crippen molar-refractivity contribution in [2.45, 2.75) is 18.8 Å². The van der Waals surface area contributed by atoms with Gasteiger partial charge in [-0.25, -0.2) is 0 Å². The molecule has 0 amide bonds. The Balaban J connectivity index is 2.46. The van der Waals surface area contributed by atoms with Crippen molar-refractivity contribution in [1.82, 2.24) is 0 Å². The van der Waals surface area contributed by atoms with E-state index >= 15 is 0 Å². The molecule has 2 rings (SSSR count). The molecule has 4 heteroatoms. The summed E-state index contributed by atoms with van der Waals surface area (Å²) >= 11 is 6.12. The molecular weight excluding hydrogens is 250 g/mol. The Morgan fingerprint density at radius 1 is 1.50 bits per heavy atom. The number of rotatable bonds is 5. The summed E-state index contributed by atoms with van der Waals surface area (Å²) < 4.78 is 10.9. The maximum absolute atomic E-state index is 6.12. The van der Waals surface area contributed by atoms with Crippen LogP contribution < -0.4 is 10.5 Å². The molecular formula is C14H20ClNO2. The largest absolute Gasteiger partial charge is 0.496 e. The molecule has 1 aliphatic heterocycles. The number of methoxy groups -OCH3 is 1. The molecule has 1 saturated heterocycles. The van der Waals surface area contributed by atoms with Gasteiger partial charge in [0.1, 0.15) is 5.75 Å². The minimum atomic E-state index is -0.0419. The summed E-state index contributed by atoms with van der Waals surface area (Å²) in [7, 11) is 1.68. The Morgan fingerprint density at radius 2 is 2.22 bits per heavy atom. The molecule has 1 fully saturated rings. The highest BCUT2D eigenvalue weighted by Gasteiger charge is 2.47. The number of hydrogen-bond acceptors (Lipinski definition) is 3. The summed E-state index contributed by atoms with van der Waals surface area (Å²) in [5, 5.41) is 0.726. The zero-order valence-electron chi connectivity index (χ0n) is 10.9. The fraction of sp³-hybridized carbons (Fsp3) is 0.571. The summed E-state index contributed by atoms with van der Waals surface area (Å²) in [6.45, 7) is 4.20. The van der Waals surface area contributed by atoms with Crippen molar-refractivity contribution in [1.29, 1.82) is 0 Å². The number of halogens is 1. The Bertz CT molecular complexity index is 414. The van der Waals surface area contributed by atoms with Crippen LogP contribution in [0.5, 0.6) is 5.75 Å². The minimum Gasteiger partial charge on any atom is -0.496 e. The molecule has 18 heavy (non-hydrogen) atoms. The zero-order valence-corrected chi connectivity index (χ0v) is 11.7. The zero-order chi connectivity index (χ0) is 13.2. The van der Waals surface area contributed by atoms with Gasteiger partial charge in [0.05, 0.1) is 20.3 Å². The SMILES string of the molecule is CCC(CN)C1(c2cc(Cl)ccc2OC)COC1. The van der Waals surface area contributed by atoms with Gasteiger partial charge in [0, 0.05) is 16.0 Å². The normalized spacial score (nSPS) is 19.1. The van der Waals surface area contributed by atoms with Crippen molar-refractivity contribution in [3.63, 3.8) is 0 Å². The third-order valence-corrected chi connectivity index (χ3v) is 4.21. The van der Waals surface area contributed by atoms with Crippen LogP contribution in [0.1, 0.15) is 18.9 Å². The first kappa shape index (κ1) is 13.7. The van der Waals surface area contributed by atoms with Gasteiger partial charge in [0.2, 0.25) is 0 Å². The molecule has 0 spiro atoms. The average molecular weight is 270 g/mol. The number of benzene rings is 1. The fourth-order valence-electron chi connectivity index (χ4n) is 2.79. The Morgan fingerprint density at radius 3 is 2.67 bits per heavy atom. The summed E-state index contributed by atoms with van der Waals surface area (Å²) in [5.74, 6) is 1.26. The molecule has 1 aromatic rings. The molecule has 0 aromatic heterocycles. The summed E-state index contributed by atoms with van der Waals surface area (Å²) in [6, 6.07) is 5.75. The molecule has 1 heterocycles. The van der Waals surface area contributed by atoms with Gasteiger partial charge in [-0.3, -0.25) is 0 Å². The number of hydrogen-bond donors (Lipinski definition) is 1. The van der Waals surface area contributed by atoms with E-state index < -0.39 is 0 Å². The van der Waals surface area contributed by atoms with Gasteiger partial charge in [0.25, 0.3) is 0 Å². The molecule has 1 aliphatic rings. The van der Waals surface area contributed by atoms with Crippen LogP contribution in [-0.4, -0.2) is 26.9 Å². The van der Waals surface area contributed by atoms with E-state index in [2.05, 4.69) is 6.92 Å². The van der Waals surface area contributed by atoms with Gasteiger partial charge >= 0.3 is 0 Å². The van der Waals surface area contributed by atoms with E-state index in [9.17, 15) is 0 Å². The molecule has 2 N–H and O–H groups in total. The average Bonchev–Trinajstić information content (AvgIpc) is 2.33. The van der Waals surface area contributed by atoms with Crippen LogP contribution in [0.3, 0.4) is 0 Å². The van der Waals surface area contributed by atoms with Crippen molar-refractivity contribution < 1.29 is 9.47 Å². The van der Waals surface area contributed by atoms with Crippen LogP contribution in [0.2, 0.25) is 5.02 Å². The van der Waals surface area contributed by atoms with E-state index in [4.69, 9.17) is 26.8 Å². The number of nitrogens with two attached hydrogens (primary N) is 1. The van der Waals surface area contributed by atoms with Crippen LogP contribution in [0.25, 0.3) is 0 Å². The van der Waals surface area contributed by atoms with Gasteiger partial charge in [-0.15, -0.1) is 0 Å². The predicted octanol–water partition coefficient (Wildman–Crippen LogP) is 2.60. The van der Waals surface area contributed by atoms with Gasteiger partial charge in [-0.05, 0) is 30.7 Å². The standard InChI is InChI=1S/C14H20ClNO2/c1-3-10(7-16)14(8-18-9-14)12-6-11(15)4-5-13(12)17-2/h4-6,10H,3,7-9,16H2,1-2H3. The highest BCUT2D eigenvalue weighted by Crippen LogP contribution is 2.45. The van der Waals surface area contributed by atoms with E-state index in [1.165, 1.54) is 0 Å². The first-order chi connectivity index (χ1) is 8.67. The molecule has 3 nitrogen and oxygen atoms in total. The van der Waals surface area contributed by atoms with Crippen molar-refractivity contribution in [3.8, 4) is 5.75 Å². The summed E-state index contributed by atoms with van der Waals surface area (Å²) in [4.78, 5) is 0. The molecule has 100 valence electrons. The number of ether oxygens (including phenoxy) is 2. The summed E-state index contributed by atoms with van der Waals surface area (Å²) in [5.41, 5.74) is 7.00. The third-order valence-electron chi connectivity index (χ3n) is 3.98. The third kappa shape index (κ3) is 2.11. The Labute approximate surface area is 113 Å².